The van der Waals surface area contributed by atoms with E-state index in [9.17, 15) is 18.0 Å². The predicted molar refractivity (Wildman–Crippen MR) is 127 cm³/mol. The fourth-order valence-corrected chi connectivity index (χ4v) is 5.08. The third-order valence-electron chi connectivity index (χ3n) is 4.86. The van der Waals surface area contributed by atoms with Crippen LogP contribution in [0.25, 0.3) is 0 Å². The number of carbonyl (C=O) groups is 1. The number of aromatic nitrogens is 2. The maximum Gasteiger partial charge on any atom is 0.270 e. The van der Waals surface area contributed by atoms with Crippen LogP contribution in [0.2, 0.25) is 0 Å². The second-order valence-electron chi connectivity index (χ2n) is 7.10. The van der Waals surface area contributed by atoms with Gasteiger partial charge in [0.1, 0.15) is 13.2 Å². The molecule has 2 aromatic carbocycles. The topological polar surface area (TPSA) is 146 Å². The zero-order valence-electron chi connectivity index (χ0n) is 18.7. The summed E-state index contributed by atoms with van der Waals surface area (Å²) in [6, 6.07) is 9.04. The first-order valence-corrected chi connectivity index (χ1v) is 12.7. The second-order valence-corrected chi connectivity index (χ2v) is 9.98. The van der Waals surface area contributed by atoms with E-state index in [0.717, 1.165) is 18.0 Å². The minimum atomic E-state index is -4.18. The minimum Gasteiger partial charge on any atom is -0.493 e. The molecule has 0 saturated heterocycles. The molecule has 0 unspecified atom stereocenters. The van der Waals surface area contributed by atoms with Gasteiger partial charge in [0.2, 0.25) is 15.7 Å². The van der Waals surface area contributed by atoms with Crippen molar-refractivity contribution in [2.75, 3.05) is 38.5 Å². The van der Waals surface area contributed by atoms with Gasteiger partial charge in [-0.05, 0) is 24.3 Å². The summed E-state index contributed by atoms with van der Waals surface area (Å²) in [5.74, 6) is 1.27. The molecule has 0 spiro atoms. The van der Waals surface area contributed by atoms with Crippen molar-refractivity contribution in [3.05, 3.63) is 52.9 Å². The molecule has 1 aliphatic rings. The highest BCUT2D eigenvalue weighted by Gasteiger charge is 2.24. The normalized spacial score (nSPS) is 12.6. The van der Waals surface area contributed by atoms with Crippen molar-refractivity contribution >= 4 is 33.2 Å². The summed E-state index contributed by atoms with van der Waals surface area (Å²) in [7, 11) is -1.38. The molecule has 2 heterocycles. The average Bonchev–Trinajstić information content (AvgIpc) is 2.86. The number of nitrogens with zero attached hydrogens (tertiary/aromatic N) is 1. The number of amides is 1. The first-order chi connectivity index (χ1) is 16.8. The summed E-state index contributed by atoms with van der Waals surface area (Å²) >= 11 is 0.951. The molecule has 0 bridgehead atoms. The minimum absolute atomic E-state index is 0.0703. The number of ether oxygens (including phenoxy) is 4. The Labute approximate surface area is 204 Å². The van der Waals surface area contributed by atoms with Gasteiger partial charge in [0.25, 0.3) is 5.56 Å². The fraction of sp³-hybridized carbons (Fsp3) is 0.227. The predicted octanol–water partition coefficient (Wildman–Crippen LogP) is 2.12. The lowest BCUT2D eigenvalue weighted by atomic mass is 10.2. The monoisotopic (exact) mass is 519 g/mol. The molecule has 2 N–H and O–H groups in total. The molecule has 0 fully saturated rings. The second kappa shape index (κ2) is 10.3. The van der Waals surface area contributed by atoms with E-state index in [-0.39, 0.29) is 27.5 Å². The molecule has 3 aromatic rings. The average molecular weight is 520 g/mol. The highest BCUT2D eigenvalue weighted by atomic mass is 32.2. The van der Waals surface area contributed by atoms with Crippen molar-refractivity contribution in [1.82, 2.24) is 9.97 Å². The lowest BCUT2D eigenvalue weighted by Gasteiger charge is -2.18. The Hall–Kier alpha value is -3.71. The van der Waals surface area contributed by atoms with Gasteiger partial charge in [0.05, 0.1) is 31.1 Å². The van der Waals surface area contributed by atoms with Crippen LogP contribution in [0.3, 0.4) is 0 Å². The van der Waals surface area contributed by atoms with Gasteiger partial charge < -0.3 is 29.2 Å². The number of H-pyrrole nitrogens is 1. The number of hydrogen-bond acceptors (Lipinski definition) is 10. The third kappa shape index (κ3) is 5.35. The molecule has 1 amide bonds. The molecule has 35 heavy (non-hydrogen) atoms. The molecule has 0 atom stereocenters. The van der Waals surface area contributed by atoms with Gasteiger partial charge in [-0.15, -0.1) is 0 Å². The number of nitrogens with one attached hydrogen (secondary N) is 2. The summed E-state index contributed by atoms with van der Waals surface area (Å²) in [5.41, 5.74) is -0.331. The quantitative estimate of drug-likeness (QED) is 0.335. The first kappa shape index (κ1) is 24.4. The molecule has 1 aliphatic heterocycles. The Bertz CT molecular complexity index is 1420. The van der Waals surface area contributed by atoms with Crippen molar-refractivity contribution < 1.29 is 32.2 Å². The van der Waals surface area contributed by atoms with E-state index >= 15 is 0 Å². The highest BCUT2D eigenvalue weighted by Crippen LogP contribution is 2.33. The number of sulfone groups is 1. The van der Waals surface area contributed by atoms with Crippen LogP contribution in [-0.4, -0.2) is 57.5 Å². The Morgan fingerprint density at radius 1 is 1.09 bits per heavy atom. The van der Waals surface area contributed by atoms with Gasteiger partial charge in [0.15, 0.2) is 33.0 Å². The fourth-order valence-electron chi connectivity index (χ4n) is 3.19. The number of carbonyl (C=O) groups excluding carboxylic acids is 1. The van der Waals surface area contributed by atoms with Crippen LogP contribution in [0.4, 0.5) is 5.69 Å². The van der Waals surface area contributed by atoms with E-state index in [1.54, 1.807) is 18.2 Å². The van der Waals surface area contributed by atoms with Gasteiger partial charge in [-0.2, -0.15) is 0 Å². The summed E-state index contributed by atoms with van der Waals surface area (Å²) in [6.45, 7) is 0.895. The Balaban J connectivity index is 1.43. The summed E-state index contributed by atoms with van der Waals surface area (Å²) < 4.78 is 47.1. The van der Waals surface area contributed by atoms with E-state index in [1.165, 1.54) is 32.4 Å². The van der Waals surface area contributed by atoms with Gasteiger partial charge in [-0.3, -0.25) is 9.59 Å². The number of rotatable bonds is 8. The summed E-state index contributed by atoms with van der Waals surface area (Å²) in [5, 5.41) is 2.82. The van der Waals surface area contributed by atoms with Gasteiger partial charge >= 0.3 is 0 Å². The van der Waals surface area contributed by atoms with E-state index < -0.39 is 20.3 Å². The third-order valence-corrected chi connectivity index (χ3v) is 7.50. The molecule has 13 heteroatoms. The zero-order valence-corrected chi connectivity index (χ0v) is 20.3. The van der Waals surface area contributed by atoms with E-state index in [1.807, 2.05) is 0 Å². The number of thioether (sulfide) groups is 1. The largest absolute Gasteiger partial charge is 0.493 e. The molecular weight excluding hydrogens is 498 g/mol. The first-order valence-electron chi connectivity index (χ1n) is 10.2. The molecule has 11 nitrogen and oxygen atoms in total. The van der Waals surface area contributed by atoms with Gasteiger partial charge in [0, 0.05) is 17.8 Å². The molecule has 0 radical (unpaired) electrons. The molecular formula is C22H21N3O8S2. The smallest absolute Gasteiger partial charge is 0.270 e. The van der Waals surface area contributed by atoms with Gasteiger partial charge in [-0.1, -0.05) is 11.8 Å². The summed E-state index contributed by atoms with van der Waals surface area (Å²) in [4.78, 5) is 30.6. The van der Waals surface area contributed by atoms with Crippen LogP contribution in [0.15, 0.2) is 62.3 Å². The number of benzene rings is 2. The lowest BCUT2D eigenvalue weighted by molar-refractivity contribution is -0.113. The van der Waals surface area contributed by atoms with Crippen LogP contribution in [0.5, 0.6) is 23.0 Å². The molecule has 184 valence electrons. The molecule has 1 aromatic heterocycles. The lowest BCUT2D eigenvalue weighted by Crippen LogP contribution is -2.20. The van der Waals surface area contributed by atoms with Crippen molar-refractivity contribution in [2.24, 2.45) is 0 Å². The highest BCUT2D eigenvalue weighted by molar-refractivity contribution is 7.99. The van der Waals surface area contributed by atoms with Crippen molar-refractivity contribution in [3.8, 4) is 23.0 Å². The maximum atomic E-state index is 13.0. The number of aromatic amines is 1. The van der Waals surface area contributed by atoms with E-state index in [4.69, 9.17) is 18.9 Å². The number of hydrogen-bond donors (Lipinski definition) is 2. The number of fused-ring (bicyclic) bond motifs is 1. The van der Waals surface area contributed by atoms with Crippen molar-refractivity contribution in [3.63, 3.8) is 0 Å². The van der Waals surface area contributed by atoms with Crippen LogP contribution < -0.4 is 29.8 Å². The Kier molecular flexibility index (Phi) is 7.17. The number of methoxy groups -OCH3 is 2. The van der Waals surface area contributed by atoms with Crippen molar-refractivity contribution in [2.45, 2.75) is 14.9 Å². The van der Waals surface area contributed by atoms with Crippen LogP contribution in [-0.2, 0) is 14.6 Å². The van der Waals surface area contributed by atoms with Crippen LogP contribution in [0.1, 0.15) is 0 Å². The standard InChI is InChI=1S/C22H21N3O8S2/c1-30-15-6-4-14(10-17(15)31-2)35(28,29)19-11-23-22(25-21(19)27)34-12-20(26)24-13-3-5-16-18(9-13)33-8-7-32-16/h3-6,9-11H,7-8,12H2,1-2H3,(H,24,26)(H,23,25,27). The Morgan fingerprint density at radius 2 is 1.83 bits per heavy atom. The molecule has 0 saturated carbocycles. The maximum absolute atomic E-state index is 13.0. The van der Waals surface area contributed by atoms with E-state index in [0.29, 0.717) is 36.1 Å². The Morgan fingerprint density at radius 3 is 2.54 bits per heavy atom. The number of anilines is 1. The molecule has 0 aliphatic carbocycles. The van der Waals surface area contributed by atoms with Crippen molar-refractivity contribution in [1.29, 1.82) is 0 Å². The van der Waals surface area contributed by atoms with E-state index in [2.05, 4.69) is 15.3 Å². The SMILES string of the molecule is COc1ccc(S(=O)(=O)c2cnc(SCC(=O)Nc3ccc4c(c3)OCCO4)[nH]c2=O)cc1OC. The molecule has 4 rings (SSSR count). The van der Waals surface area contributed by atoms with Gasteiger partial charge in [-0.25, -0.2) is 13.4 Å². The van der Waals surface area contributed by atoms with Crippen LogP contribution in [0, 0.1) is 0 Å². The van der Waals surface area contributed by atoms with Crippen LogP contribution >= 0.6 is 11.8 Å². The summed E-state index contributed by atoms with van der Waals surface area (Å²) in [6.07, 6.45) is 0.964. The zero-order chi connectivity index (χ0) is 25.0.